The van der Waals surface area contributed by atoms with Crippen LogP contribution < -0.4 is 10.6 Å². The minimum atomic E-state index is -0.920. The van der Waals surface area contributed by atoms with Gasteiger partial charge in [0.25, 0.3) is 0 Å². The Hall–Kier alpha value is -1.40. The van der Waals surface area contributed by atoms with Crippen molar-refractivity contribution in [3.05, 3.63) is 22.4 Å². The van der Waals surface area contributed by atoms with E-state index < -0.39 is 12.0 Å². The second-order valence-corrected chi connectivity index (χ2v) is 6.64. The Labute approximate surface area is 123 Å². The lowest BCUT2D eigenvalue weighted by molar-refractivity contribution is -0.137. The molecule has 6 heteroatoms. The van der Waals surface area contributed by atoms with E-state index >= 15 is 0 Å². The number of carbonyl (C=O) groups is 2. The largest absolute Gasteiger partial charge is 0.481 e. The van der Waals surface area contributed by atoms with Gasteiger partial charge in [-0.1, -0.05) is 6.07 Å². The predicted octanol–water partition coefficient (Wildman–Crippen LogP) is 2.16. The summed E-state index contributed by atoms with van der Waals surface area (Å²) in [6.07, 6.45) is 0.234. The number of nitrogens with one attached hydrogen (secondary N) is 2. The highest BCUT2D eigenvalue weighted by Crippen LogP contribution is 2.22. The Morgan fingerprint density at radius 3 is 2.60 bits per heavy atom. The first-order valence-electron chi connectivity index (χ1n) is 6.57. The van der Waals surface area contributed by atoms with Crippen molar-refractivity contribution in [3.63, 3.8) is 0 Å². The van der Waals surface area contributed by atoms with E-state index in [0.29, 0.717) is 13.0 Å². The lowest BCUT2D eigenvalue weighted by Gasteiger charge is -2.21. The van der Waals surface area contributed by atoms with Crippen LogP contribution in [0.3, 0.4) is 0 Å². The first-order chi connectivity index (χ1) is 9.28. The van der Waals surface area contributed by atoms with Gasteiger partial charge in [-0.25, -0.2) is 0 Å². The molecule has 1 rings (SSSR count). The van der Waals surface area contributed by atoms with Gasteiger partial charge >= 0.3 is 5.97 Å². The number of rotatable bonds is 7. The van der Waals surface area contributed by atoms with Crippen LogP contribution in [0, 0.1) is 0 Å². The van der Waals surface area contributed by atoms with Gasteiger partial charge in [-0.05, 0) is 32.2 Å². The van der Waals surface area contributed by atoms with Gasteiger partial charge in [-0.3, -0.25) is 9.59 Å². The molecule has 0 saturated heterocycles. The summed E-state index contributed by atoms with van der Waals surface area (Å²) < 4.78 is 0. The van der Waals surface area contributed by atoms with Crippen molar-refractivity contribution in [1.29, 1.82) is 0 Å². The van der Waals surface area contributed by atoms with Gasteiger partial charge in [-0.15, -0.1) is 11.3 Å². The number of carboxylic acid groups (broad SMARTS) is 1. The molecular formula is C14H22N2O3S. The van der Waals surface area contributed by atoms with Crippen LogP contribution in [0.2, 0.25) is 0 Å². The van der Waals surface area contributed by atoms with E-state index in [9.17, 15) is 9.59 Å². The minimum absolute atomic E-state index is 0.0332. The molecule has 0 fully saturated rings. The van der Waals surface area contributed by atoms with Crippen molar-refractivity contribution in [3.8, 4) is 0 Å². The van der Waals surface area contributed by atoms with Crippen molar-refractivity contribution in [2.24, 2.45) is 0 Å². The maximum Gasteiger partial charge on any atom is 0.305 e. The van der Waals surface area contributed by atoms with Crippen LogP contribution >= 0.6 is 11.3 Å². The van der Waals surface area contributed by atoms with Crippen LogP contribution in [0.15, 0.2) is 17.5 Å². The van der Waals surface area contributed by atoms with E-state index in [1.54, 1.807) is 0 Å². The third kappa shape index (κ3) is 6.68. The molecule has 20 heavy (non-hydrogen) atoms. The molecule has 1 aromatic heterocycles. The Balaban J connectivity index is 2.49. The summed E-state index contributed by atoms with van der Waals surface area (Å²) in [5, 5.41) is 16.8. The number of aliphatic carboxylic acids is 1. The maximum absolute atomic E-state index is 11.9. The number of amides is 1. The lowest BCUT2D eigenvalue weighted by atomic mass is 10.1. The maximum atomic E-state index is 11.9. The molecule has 112 valence electrons. The zero-order valence-corrected chi connectivity index (χ0v) is 12.9. The highest BCUT2D eigenvalue weighted by atomic mass is 32.1. The molecule has 0 spiro atoms. The number of hydrogen-bond donors (Lipinski definition) is 3. The minimum Gasteiger partial charge on any atom is -0.481 e. The summed E-state index contributed by atoms with van der Waals surface area (Å²) in [6.45, 7) is 6.66. The highest BCUT2D eigenvalue weighted by Gasteiger charge is 2.19. The summed E-state index contributed by atoms with van der Waals surface area (Å²) in [4.78, 5) is 23.6. The molecule has 0 saturated carbocycles. The van der Waals surface area contributed by atoms with Crippen LogP contribution in [-0.4, -0.2) is 29.1 Å². The molecule has 5 nitrogen and oxygen atoms in total. The Morgan fingerprint density at radius 2 is 2.10 bits per heavy atom. The van der Waals surface area contributed by atoms with E-state index in [1.165, 1.54) is 11.3 Å². The molecule has 1 heterocycles. The van der Waals surface area contributed by atoms with Crippen LogP contribution in [0.25, 0.3) is 0 Å². The zero-order valence-electron chi connectivity index (χ0n) is 12.1. The van der Waals surface area contributed by atoms with Crippen molar-refractivity contribution >= 4 is 23.2 Å². The second kappa shape index (κ2) is 7.40. The summed E-state index contributed by atoms with van der Waals surface area (Å²) in [6, 6.07) is 3.24. The molecule has 0 aromatic carbocycles. The average molecular weight is 298 g/mol. The van der Waals surface area contributed by atoms with E-state index in [4.69, 9.17) is 5.11 Å². The lowest BCUT2D eigenvalue weighted by Crippen LogP contribution is -2.39. The summed E-state index contributed by atoms with van der Waals surface area (Å²) in [5.41, 5.74) is -0.0332. The second-order valence-electron chi connectivity index (χ2n) is 5.66. The quantitative estimate of drug-likeness (QED) is 0.721. The highest BCUT2D eigenvalue weighted by molar-refractivity contribution is 7.10. The van der Waals surface area contributed by atoms with Crippen molar-refractivity contribution in [1.82, 2.24) is 10.6 Å². The average Bonchev–Trinajstić information content (AvgIpc) is 2.78. The van der Waals surface area contributed by atoms with Gasteiger partial charge in [0.2, 0.25) is 5.91 Å². The van der Waals surface area contributed by atoms with E-state index in [2.05, 4.69) is 10.6 Å². The topological polar surface area (TPSA) is 78.4 Å². The number of carboxylic acids is 1. The van der Waals surface area contributed by atoms with Crippen LogP contribution in [0.1, 0.15) is 44.5 Å². The number of thiophene rings is 1. The molecule has 1 atom stereocenters. The Kier molecular flexibility index (Phi) is 6.16. The zero-order chi connectivity index (χ0) is 15.2. The van der Waals surface area contributed by atoms with Crippen LogP contribution in [0.4, 0.5) is 0 Å². The van der Waals surface area contributed by atoms with Crippen LogP contribution in [0.5, 0.6) is 0 Å². The molecule has 0 radical (unpaired) electrons. The normalized spacial score (nSPS) is 12.9. The molecule has 0 aliphatic carbocycles. The SMILES string of the molecule is CC(C)(C)NCCC(=O)NC(CC(=O)O)c1cccs1. The Morgan fingerprint density at radius 1 is 1.40 bits per heavy atom. The summed E-state index contributed by atoms with van der Waals surface area (Å²) in [7, 11) is 0. The van der Waals surface area contributed by atoms with Gasteiger partial charge in [0.15, 0.2) is 0 Å². The van der Waals surface area contributed by atoms with Crippen molar-refractivity contribution in [2.75, 3.05) is 6.54 Å². The molecule has 3 N–H and O–H groups in total. The monoisotopic (exact) mass is 298 g/mol. The predicted molar refractivity (Wildman–Crippen MR) is 79.8 cm³/mol. The van der Waals surface area contributed by atoms with Gasteiger partial charge in [0.1, 0.15) is 0 Å². The molecule has 1 amide bonds. The molecule has 0 aliphatic rings. The summed E-state index contributed by atoms with van der Waals surface area (Å²) in [5.74, 6) is -1.06. The molecule has 0 bridgehead atoms. The number of hydrogen-bond acceptors (Lipinski definition) is 4. The third-order valence-electron chi connectivity index (χ3n) is 2.61. The van der Waals surface area contributed by atoms with Gasteiger partial charge in [0, 0.05) is 23.4 Å². The van der Waals surface area contributed by atoms with E-state index in [0.717, 1.165) is 4.88 Å². The van der Waals surface area contributed by atoms with Gasteiger partial charge < -0.3 is 15.7 Å². The molecule has 1 unspecified atom stereocenters. The fourth-order valence-electron chi connectivity index (χ4n) is 1.70. The molecule has 0 aliphatic heterocycles. The first kappa shape index (κ1) is 16.7. The fraction of sp³-hybridized carbons (Fsp3) is 0.571. The third-order valence-corrected chi connectivity index (χ3v) is 3.59. The van der Waals surface area contributed by atoms with E-state index in [-0.39, 0.29) is 17.9 Å². The summed E-state index contributed by atoms with van der Waals surface area (Å²) >= 11 is 1.45. The van der Waals surface area contributed by atoms with E-state index in [1.807, 2.05) is 38.3 Å². The van der Waals surface area contributed by atoms with Crippen LogP contribution in [-0.2, 0) is 9.59 Å². The molecule has 1 aromatic rings. The van der Waals surface area contributed by atoms with Crippen molar-refractivity contribution in [2.45, 2.75) is 45.2 Å². The van der Waals surface area contributed by atoms with Gasteiger partial charge in [0.05, 0.1) is 12.5 Å². The van der Waals surface area contributed by atoms with Gasteiger partial charge in [-0.2, -0.15) is 0 Å². The standard InChI is InChI=1S/C14H22N2O3S/c1-14(2,3)15-7-6-12(17)16-10(9-13(18)19)11-5-4-8-20-11/h4-5,8,10,15H,6-7,9H2,1-3H3,(H,16,17)(H,18,19). The number of carbonyl (C=O) groups excluding carboxylic acids is 1. The smallest absolute Gasteiger partial charge is 0.305 e. The molecular weight excluding hydrogens is 276 g/mol. The first-order valence-corrected chi connectivity index (χ1v) is 7.45. The Bertz CT molecular complexity index is 438. The van der Waals surface area contributed by atoms with Crippen molar-refractivity contribution < 1.29 is 14.7 Å². The fourth-order valence-corrected chi connectivity index (χ4v) is 2.48.